The van der Waals surface area contributed by atoms with Gasteiger partial charge in [-0.2, -0.15) is 0 Å². The lowest BCUT2D eigenvalue weighted by Crippen LogP contribution is -2.21. The summed E-state index contributed by atoms with van der Waals surface area (Å²) in [5.41, 5.74) is 4.41. The van der Waals surface area contributed by atoms with E-state index in [-0.39, 0.29) is 5.56 Å². The fourth-order valence-electron chi connectivity index (χ4n) is 3.51. The number of aromatic nitrogens is 5. The maximum absolute atomic E-state index is 13.5. The van der Waals surface area contributed by atoms with Gasteiger partial charge >= 0.3 is 0 Å². The number of pyridine rings is 1. The Balaban J connectivity index is 1.89. The van der Waals surface area contributed by atoms with E-state index in [4.69, 9.17) is 4.74 Å². The number of benzene rings is 1. The minimum absolute atomic E-state index is 0.164. The van der Waals surface area contributed by atoms with Crippen molar-refractivity contribution in [3.05, 3.63) is 78.3 Å². The minimum Gasteiger partial charge on any atom is -0.478 e. The fourth-order valence-corrected chi connectivity index (χ4v) is 3.51. The van der Waals surface area contributed by atoms with Gasteiger partial charge in [0.2, 0.25) is 0 Å². The van der Waals surface area contributed by atoms with E-state index in [1.165, 1.54) is 0 Å². The molecule has 3 heterocycles. The van der Waals surface area contributed by atoms with Crippen molar-refractivity contribution < 1.29 is 4.74 Å². The molecule has 0 fully saturated rings. The summed E-state index contributed by atoms with van der Waals surface area (Å²) in [5.74, 6) is 0.447. The number of rotatable bonds is 8. The smallest absolute Gasteiger partial charge is 0.281 e. The number of aryl methyl sites for hydroxylation is 2. The summed E-state index contributed by atoms with van der Waals surface area (Å²) >= 11 is 0. The topological polar surface area (TPSA) is 90.9 Å². The average Bonchev–Trinajstić information content (AvgIpc) is 3.39. The largest absolute Gasteiger partial charge is 0.478 e. The van der Waals surface area contributed by atoms with Crippen LogP contribution in [0.3, 0.4) is 0 Å². The number of nitrogens with zero attached hydrogens (tertiary/aromatic N) is 5. The normalized spacial score (nSPS) is 10.8. The maximum atomic E-state index is 13.5. The predicted octanol–water partition coefficient (Wildman–Crippen LogP) is 3.80. The second-order valence-corrected chi connectivity index (χ2v) is 7.20. The summed E-state index contributed by atoms with van der Waals surface area (Å²) in [5, 5.41) is 10.8. The second-order valence-electron chi connectivity index (χ2n) is 7.20. The molecule has 32 heavy (non-hydrogen) atoms. The number of ether oxygens (including phenoxy) is 1. The van der Waals surface area contributed by atoms with Crippen molar-refractivity contribution in [2.45, 2.75) is 13.5 Å². The Morgan fingerprint density at radius 2 is 2.09 bits per heavy atom. The van der Waals surface area contributed by atoms with Crippen LogP contribution in [-0.2, 0) is 13.6 Å². The van der Waals surface area contributed by atoms with E-state index < -0.39 is 0 Å². The summed E-state index contributed by atoms with van der Waals surface area (Å²) in [4.78, 5) is 18.0. The number of imidazole rings is 1. The van der Waals surface area contributed by atoms with Crippen LogP contribution in [0, 0.1) is 0 Å². The number of hydrogen-bond donors (Lipinski definition) is 2. The third kappa shape index (κ3) is 3.76. The molecule has 9 nitrogen and oxygen atoms in total. The monoisotopic (exact) mass is 431 g/mol. The zero-order valence-electron chi connectivity index (χ0n) is 18.3. The van der Waals surface area contributed by atoms with Gasteiger partial charge in [0.1, 0.15) is 16.7 Å². The molecule has 1 aromatic carbocycles. The molecule has 0 radical (unpaired) electrons. The first-order valence-electron chi connectivity index (χ1n) is 10.1. The van der Waals surface area contributed by atoms with Gasteiger partial charge in [-0.05, 0) is 31.2 Å². The van der Waals surface area contributed by atoms with Crippen LogP contribution in [0.1, 0.15) is 6.92 Å². The highest BCUT2D eigenvalue weighted by atomic mass is 16.5. The van der Waals surface area contributed by atoms with Crippen molar-refractivity contribution in [2.24, 2.45) is 7.05 Å². The summed E-state index contributed by atoms with van der Waals surface area (Å²) in [6.45, 7) is 10.2. The Kier molecular flexibility index (Phi) is 5.55. The Hall–Kier alpha value is -4.27. The molecule has 9 heteroatoms. The van der Waals surface area contributed by atoms with Crippen LogP contribution in [0.4, 0.5) is 17.1 Å². The van der Waals surface area contributed by atoms with Crippen molar-refractivity contribution in [1.82, 2.24) is 23.9 Å². The Bertz CT molecular complexity index is 1380. The second kappa shape index (κ2) is 8.46. The molecule has 0 aliphatic carbocycles. The number of methoxy groups -OCH3 is 1. The predicted molar refractivity (Wildman–Crippen MR) is 127 cm³/mol. The highest BCUT2D eigenvalue weighted by Gasteiger charge is 2.18. The van der Waals surface area contributed by atoms with E-state index in [0.717, 1.165) is 5.69 Å². The van der Waals surface area contributed by atoms with Crippen molar-refractivity contribution in [3.8, 4) is 11.6 Å². The third-order valence-corrected chi connectivity index (χ3v) is 5.05. The van der Waals surface area contributed by atoms with Crippen molar-refractivity contribution in [1.29, 1.82) is 0 Å². The lowest BCUT2D eigenvalue weighted by atomic mass is 10.2. The Morgan fingerprint density at radius 1 is 1.28 bits per heavy atom. The van der Waals surface area contributed by atoms with Gasteiger partial charge in [0.25, 0.3) is 11.4 Å². The first-order chi connectivity index (χ1) is 15.4. The zero-order chi connectivity index (χ0) is 22.8. The molecule has 4 aromatic rings. The van der Waals surface area contributed by atoms with Crippen LogP contribution in [0.2, 0.25) is 0 Å². The molecule has 4 rings (SSSR count). The van der Waals surface area contributed by atoms with Crippen LogP contribution >= 0.6 is 0 Å². The summed E-state index contributed by atoms with van der Waals surface area (Å²) in [6, 6.07) is 7.52. The summed E-state index contributed by atoms with van der Waals surface area (Å²) in [7, 11) is 3.37. The fraction of sp³-hybridized carbons (Fsp3) is 0.174. The highest BCUT2D eigenvalue weighted by molar-refractivity contribution is 5.90. The van der Waals surface area contributed by atoms with Crippen LogP contribution in [0.15, 0.2) is 72.7 Å². The Labute approximate surface area is 185 Å². The molecule has 0 atom stereocenters. The zero-order valence-corrected chi connectivity index (χ0v) is 18.3. The molecule has 0 aliphatic rings. The van der Waals surface area contributed by atoms with Crippen molar-refractivity contribution in [3.63, 3.8) is 0 Å². The van der Waals surface area contributed by atoms with Gasteiger partial charge in [0.05, 0.1) is 31.0 Å². The molecule has 0 amide bonds. The number of hydrogen-bond acceptors (Lipinski definition) is 6. The van der Waals surface area contributed by atoms with E-state index in [9.17, 15) is 4.79 Å². The quantitative estimate of drug-likeness (QED) is 0.413. The maximum Gasteiger partial charge on any atom is 0.281 e. The standard InChI is InChI=1S/C23H25N7O2/c1-6-15(3)25-16-9-8-10-17(11-16)30-13-18(26-19-12-28(4)27-22(19)32-5)20-21(23(30)31)29(7-2)14-24-20/h6,8-14,25-26H,1,3,7H2,2,4-5H3. The molecule has 0 bridgehead atoms. The van der Waals surface area contributed by atoms with E-state index in [1.807, 2.05) is 49.0 Å². The first kappa shape index (κ1) is 21.0. The molecular weight excluding hydrogens is 406 g/mol. The van der Waals surface area contributed by atoms with Gasteiger partial charge in [-0.25, -0.2) is 4.98 Å². The lowest BCUT2D eigenvalue weighted by molar-refractivity contribution is 0.393. The van der Waals surface area contributed by atoms with Crippen molar-refractivity contribution >= 4 is 28.1 Å². The number of allylic oxidation sites excluding steroid dienone is 1. The summed E-state index contributed by atoms with van der Waals surface area (Å²) < 4.78 is 10.5. The highest BCUT2D eigenvalue weighted by Crippen LogP contribution is 2.29. The van der Waals surface area contributed by atoms with E-state index in [2.05, 4.69) is 33.9 Å². The van der Waals surface area contributed by atoms with Crippen molar-refractivity contribution in [2.75, 3.05) is 17.7 Å². The molecule has 0 saturated carbocycles. The summed E-state index contributed by atoms with van der Waals surface area (Å²) in [6.07, 6.45) is 6.86. The van der Waals surface area contributed by atoms with Gasteiger partial charge < -0.3 is 19.9 Å². The SMILES string of the molecule is C=CC(=C)Nc1cccc(-n2cc(Nc3cn(C)nc3OC)c3ncn(CC)c3c2=O)c1. The van der Waals surface area contributed by atoms with Gasteiger partial charge in [0.15, 0.2) is 0 Å². The van der Waals surface area contributed by atoms with Gasteiger partial charge in [-0.15, -0.1) is 5.10 Å². The molecule has 0 spiro atoms. The van der Waals surface area contributed by atoms with Crippen LogP contribution < -0.4 is 20.9 Å². The van der Waals surface area contributed by atoms with E-state index >= 15 is 0 Å². The lowest BCUT2D eigenvalue weighted by Gasteiger charge is -2.14. The van der Waals surface area contributed by atoms with E-state index in [0.29, 0.717) is 46.2 Å². The van der Waals surface area contributed by atoms with Crippen LogP contribution in [0.25, 0.3) is 16.7 Å². The molecule has 164 valence electrons. The van der Waals surface area contributed by atoms with Gasteiger partial charge in [0, 0.05) is 31.2 Å². The van der Waals surface area contributed by atoms with Gasteiger partial charge in [-0.3, -0.25) is 14.0 Å². The Morgan fingerprint density at radius 3 is 2.81 bits per heavy atom. The number of fused-ring (bicyclic) bond motifs is 1. The molecule has 0 saturated heterocycles. The van der Waals surface area contributed by atoms with Crippen LogP contribution in [-0.4, -0.2) is 31.0 Å². The molecular formula is C23H25N7O2. The molecule has 3 aromatic heterocycles. The third-order valence-electron chi connectivity index (χ3n) is 5.05. The van der Waals surface area contributed by atoms with Gasteiger partial charge in [-0.1, -0.05) is 19.2 Å². The molecule has 2 N–H and O–H groups in total. The molecule has 0 aliphatic heterocycles. The minimum atomic E-state index is -0.164. The van der Waals surface area contributed by atoms with Crippen LogP contribution in [0.5, 0.6) is 5.88 Å². The van der Waals surface area contributed by atoms with E-state index in [1.54, 1.807) is 35.0 Å². The molecule has 0 unspecified atom stereocenters. The first-order valence-corrected chi connectivity index (χ1v) is 10.1. The number of anilines is 3. The number of nitrogens with one attached hydrogen (secondary N) is 2. The average molecular weight is 432 g/mol.